The second-order valence-electron chi connectivity index (χ2n) is 7.67. The molecule has 0 spiro atoms. The minimum atomic E-state index is -0.0429. The third-order valence-electron chi connectivity index (χ3n) is 6.07. The van der Waals surface area contributed by atoms with Gasteiger partial charge in [-0.15, -0.1) is 0 Å². The second-order valence-corrected chi connectivity index (χ2v) is 8.90. The number of fused-ring (bicyclic) bond motifs is 1. The van der Waals surface area contributed by atoms with Crippen molar-refractivity contribution < 1.29 is 9.32 Å². The number of aryl methyl sites for hydroxylation is 1. The van der Waals surface area contributed by atoms with Crippen LogP contribution in [0.1, 0.15) is 60.3 Å². The number of carbonyl (C=O) groups excluding carboxylic acids is 1. The highest BCUT2D eigenvalue weighted by Crippen LogP contribution is 2.27. The van der Waals surface area contributed by atoms with Crippen molar-refractivity contribution >= 4 is 17.7 Å². The molecule has 1 aromatic heterocycles. The van der Waals surface area contributed by atoms with Crippen LogP contribution in [-0.4, -0.2) is 53.1 Å². The van der Waals surface area contributed by atoms with Crippen LogP contribution >= 0.6 is 11.8 Å². The molecule has 2 saturated heterocycles. The summed E-state index contributed by atoms with van der Waals surface area (Å²) in [5, 5.41) is 7.15. The number of amides is 1. The molecule has 1 N–H and O–H groups in total. The third kappa shape index (κ3) is 4.05. The highest BCUT2D eigenvalue weighted by molar-refractivity contribution is 7.99. The zero-order valence-corrected chi connectivity index (χ0v) is 15.8. The van der Waals surface area contributed by atoms with Crippen LogP contribution in [0.25, 0.3) is 0 Å². The molecule has 0 atom stereocenters. The molecule has 3 heterocycles. The van der Waals surface area contributed by atoms with Crippen LogP contribution in [-0.2, 0) is 12.8 Å². The monoisotopic (exact) mass is 363 g/mol. The van der Waals surface area contributed by atoms with E-state index >= 15 is 0 Å². The van der Waals surface area contributed by atoms with Crippen molar-refractivity contribution in [3.63, 3.8) is 0 Å². The molecule has 3 aliphatic rings. The Balaban J connectivity index is 1.24. The van der Waals surface area contributed by atoms with E-state index in [1.54, 1.807) is 0 Å². The molecule has 2 aliphatic heterocycles. The molecule has 1 amide bonds. The van der Waals surface area contributed by atoms with Crippen molar-refractivity contribution in [2.75, 3.05) is 31.1 Å². The predicted octanol–water partition coefficient (Wildman–Crippen LogP) is 2.89. The first-order valence-electron chi connectivity index (χ1n) is 9.88. The first kappa shape index (κ1) is 17.4. The first-order chi connectivity index (χ1) is 12.3. The SMILES string of the molecule is O=C(NCC1CCN(C2CCSCC2)CC1)c1noc2c1CCCC2. The number of thioether (sulfide) groups is 1. The number of likely N-dealkylation sites (tertiary alicyclic amines) is 1. The molecule has 0 saturated carbocycles. The average Bonchev–Trinajstić information content (AvgIpc) is 3.11. The molecule has 1 aliphatic carbocycles. The molecule has 0 bridgehead atoms. The summed E-state index contributed by atoms with van der Waals surface area (Å²) < 4.78 is 5.36. The maximum atomic E-state index is 12.5. The third-order valence-corrected chi connectivity index (χ3v) is 7.12. The lowest BCUT2D eigenvalue weighted by atomic mass is 9.94. The molecule has 25 heavy (non-hydrogen) atoms. The van der Waals surface area contributed by atoms with Crippen molar-refractivity contribution in [2.45, 2.75) is 57.4 Å². The highest BCUT2D eigenvalue weighted by Gasteiger charge is 2.28. The molecule has 5 nitrogen and oxygen atoms in total. The minimum absolute atomic E-state index is 0.0429. The van der Waals surface area contributed by atoms with Crippen LogP contribution in [0.3, 0.4) is 0 Å². The minimum Gasteiger partial charge on any atom is -0.360 e. The van der Waals surface area contributed by atoms with Crippen molar-refractivity contribution in [3.05, 3.63) is 17.0 Å². The topological polar surface area (TPSA) is 58.4 Å². The van der Waals surface area contributed by atoms with Crippen molar-refractivity contribution in [3.8, 4) is 0 Å². The summed E-state index contributed by atoms with van der Waals surface area (Å²) in [4.78, 5) is 15.2. The molecule has 0 radical (unpaired) electrons. The van der Waals surface area contributed by atoms with E-state index in [1.165, 1.54) is 50.3 Å². The van der Waals surface area contributed by atoms with Gasteiger partial charge in [0.05, 0.1) is 0 Å². The molecule has 4 rings (SSSR count). The van der Waals surface area contributed by atoms with Crippen molar-refractivity contribution in [1.29, 1.82) is 0 Å². The maximum absolute atomic E-state index is 12.5. The lowest BCUT2D eigenvalue weighted by Gasteiger charge is -2.39. The normalized spacial score (nSPS) is 23.4. The van der Waals surface area contributed by atoms with Gasteiger partial charge in [0.15, 0.2) is 5.69 Å². The average molecular weight is 364 g/mol. The zero-order valence-electron chi connectivity index (χ0n) is 15.0. The zero-order chi connectivity index (χ0) is 17.1. The Morgan fingerprint density at radius 2 is 1.92 bits per heavy atom. The van der Waals surface area contributed by atoms with E-state index in [-0.39, 0.29) is 5.91 Å². The van der Waals surface area contributed by atoms with Crippen LogP contribution < -0.4 is 5.32 Å². The van der Waals surface area contributed by atoms with Crippen LogP contribution in [0.4, 0.5) is 0 Å². The van der Waals surface area contributed by atoms with Gasteiger partial charge in [0.1, 0.15) is 5.76 Å². The molecule has 2 fully saturated rings. The number of rotatable bonds is 4. The van der Waals surface area contributed by atoms with Crippen LogP contribution in [0.2, 0.25) is 0 Å². The van der Waals surface area contributed by atoms with Gasteiger partial charge in [-0.1, -0.05) is 5.16 Å². The van der Waals surface area contributed by atoms with Crippen LogP contribution in [0.15, 0.2) is 4.52 Å². The Morgan fingerprint density at radius 3 is 2.72 bits per heavy atom. The molecule has 0 unspecified atom stereocenters. The fourth-order valence-corrected chi connectivity index (χ4v) is 5.54. The Hall–Kier alpha value is -1.01. The Labute approximate surface area is 154 Å². The van der Waals surface area contributed by atoms with Gasteiger partial charge in [-0.05, 0) is 75.5 Å². The largest absolute Gasteiger partial charge is 0.360 e. The molecule has 6 heteroatoms. The number of hydrogen-bond acceptors (Lipinski definition) is 5. The standard InChI is InChI=1S/C19H29N3O2S/c23-19(18-16-3-1-2-4-17(16)24-21-18)20-13-14-5-9-22(10-6-14)15-7-11-25-12-8-15/h14-15H,1-13H2,(H,20,23). The fourth-order valence-electron chi connectivity index (χ4n) is 4.46. The lowest BCUT2D eigenvalue weighted by molar-refractivity contribution is 0.0911. The summed E-state index contributed by atoms with van der Waals surface area (Å²) >= 11 is 2.10. The lowest BCUT2D eigenvalue weighted by Crippen LogP contribution is -2.45. The molecule has 138 valence electrons. The summed E-state index contributed by atoms with van der Waals surface area (Å²) in [7, 11) is 0. The van der Waals surface area contributed by atoms with Crippen molar-refractivity contribution in [1.82, 2.24) is 15.4 Å². The highest BCUT2D eigenvalue weighted by atomic mass is 32.2. The Morgan fingerprint density at radius 1 is 1.16 bits per heavy atom. The van der Waals surface area contributed by atoms with Gasteiger partial charge in [0.25, 0.3) is 5.91 Å². The number of carbonyl (C=O) groups is 1. The summed E-state index contributed by atoms with van der Waals surface area (Å²) in [6, 6.07) is 0.804. The van der Waals surface area contributed by atoms with E-state index in [0.717, 1.165) is 49.6 Å². The first-order valence-corrected chi connectivity index (χ1v) is 11.0. The van der Waals surface area contributed by atoms with Gasteiger partial charge in [0, 0.05) is 24.6 Å². The number of nitrogens with one attached hydrogen (secondary N) is 1. The van der Waals surface area contributed by atoms with Crippen molar-refractivity contribution in [2.24, 2.45) is 5.92 Å². The van der Waals surface area contributed by atoms with Crippen LogP contribution in [0, 0.1) is 5.92 Å². The van der Waals surface area contributed by atoms with Gasteiger partial charge in [0.2, 0.25) is 0 Å². The number of hydrogen-bond donors (Lipinski definition) is 1. The number of aromatic nitrogens is 1. The molecule has 0 aromatic carbocycles. The van der Waals surface area contributed by atoms with E-state index in [2.05, 4.69) is 27.1 Å². The van der Waals surface area contributed by atoms with Gasteiger partial charge < -0.3 is 14.7 Å². The molecule has 1 aromatic rings. The van der Waals surface area contributed by atoms with Gasteiger partial charge in [-0.2, -0.15) is 11.8 Å². The van der Waals surface area contributed by atoms with E-state index in [0.29, 0.717) is 11.6 Å². The van der Waals surface area contributed by atoms with Gasteiger partial charge in [-0.25, -0.2) is 0 Å². The predicted molar refractivity (Wildman–Crippen MR) is 100 cm³/mol. The summed E-state index contributed by atoms with van der Waals surface area (Å²) in [6.07, 6.45) is 9.22. The number of nitrogens with zero attached hydrogens (tertiary/aromatic N) is 2. The number of piperidine rings is 1. The van der Waals surface area contributed by atoms with E-state index in [9.17, 15) is 4.79 Å². The second kappa shape index (κ2) is 8.12. The van der Waals surface area contributed by atoms with Crippen LogP contribution in [0.5, 0.6) is 0 Å². The summed E-state index contributed by atoms with van der Waals surface area (Å²) in [5.74, 6) is 4.13. The Kier molecular flexibility index (Phi) is 5.66. The molecular formula is C19H29N3O2S. The molecular weight excluding hydrogens is 334 g/mol. The maximum Gasteiger partial charge on any atom is 0.273 e. The van der Waals surface area contributed by atoms with Gasteiger partial charge in [-0.3, -0.25) is 4.79 Å². The smallest absolute Gasteiger partial charge is 0.273 e. The van der Waals surface area contributed by atoms with E-state index in [4.69, 9.17) is 4.52 Å². The summed E-state index contributed by atoms with van der Waals surface area (Å²) in [6.45, 7) is 3.15. The van der Waals surface area contributed by atoms with Gasteiger partial charge >= 0.3 is 0 Å². The quantitative estimate of drug-likeness (QED) is 0.891. The van der Waals surface area contributed by atoms with E-state index in [1.807, 2.05) is 0 Å². The fraction of sp³-hybridized carbons (Fsp3) is 0.789. The Bertz CT molecular complexity index is 589. The summed E-state index contributed by atoms with van der Waals surface area (Å²) in [5.41, 5.74) is 1.58. The van der Waals surface area contributed by atoms with E-state index < -0.39 is 0 Å².